The SMILES string of the molecule is CSCOC(=O)C(N)=CC(=Nc1ccccc1Cl)c1noc(-c2cccc(S(C)(=O)=O)c2)n1. The van der Waals surface area contributed by atoms with E-state index in [0.717, 1.165) is 6.26 Å². The van der Waals surface area contributed by atoms with E-state index in [0.29, 0.717) is 16.3 Å². The van der Waals surface area contributed by atoms with Crippen molar-refractivity contribution < 1.29 is 22.5 Å². The summed E-state index contributed by atoms with van der Waals surface area (Å²) in [7, 11) is -3.43. The number of carbonyl (C=O) groups excluding carboxylic acids is 1. The number of rotatable bonds is 8. The minimum atomic E-state index is -3.43. The maximum atomic E-state index is 12.1. The molecule has 0 amide bonds. The largest absolute Gasteiger partial charge is 0.450 e. The van der Waals surface area contributed by atoms with Crippen LogP contribution in [0.1, 0.15) is 5.82 Å². The minimum Gasteiger partial charge on any atom is -0.450 e. The molecular weight excluding hydrogens is 488 g/mol. The zero-order valence-corrected chi connectivity index (χ0v) is 19.9. The van der Waals surface area contributed by atoms with Gasteiger partial charge in [0.25, 0.3) is 5.89 Å². The molecule has 0 aliphatic rings. The number of ether oxygens (including phenoxy) is 1. The summed E-state index contributed by atoms with van der Waals surface area (Å²) in [5.74, 6) is -0.539. The number of aromatic nitrogens is 2. The number of esters is 1. The lowest BCUT2D eigenvalue weighted by atomic mass is 10.2. The Morgan fingerprint density at radius 2 is 2.03 bits per heavy atom. The van der Waals surface area contributed by atoms with E-state index in [1.165, 1.54) is 30.0 Å². The number of thioether (sulfide) groups is 1. The Bertz CT molecular complexity index is 1340. The van der Waals surface area contributed by atoms with Gasteiger partial charge in [-0.15, -0.1) is 11.8 Å². The van der Waals surface area contributed by atoms with Crippen LogP contribution >= 0.6 is 23.4 Å². The van der Waals surface area contributed by atoms with Gasteiger partial charge in [0, 0.05) is 11.8 Å². The van der Waals surface area contributed by atoms with Crippen molar-refractivity contribution in [2.45, 2.75) is 4.90 Å². The second-order valence-electron chi connectivity index (χ2n) is 6.61. The van der Waals surface area contributed by atoms with E-state index < -0.39 is 15.8 Å². The van der Waals surface area contributed by atoms with Crippen LogP contribution in [0.5, 0.6) is 0 Å². The molecule has 0 bridgehead atoms. The summed E-state index contributed by atoms with van der Waals surface area (Å²) >= 11 is 7.53. The third-order valence-electron chi connectivity index (χ3n) is 4.09. The highest BCUT2D eigenvalue weighted by Gasteiger charge is 2.18. The summed E-state index contributed by atoms with van der Waals surface area (Å²) in [6, 6.07) is 12.9. The Morgan fingerprint density at radius 1 is 1.27 bits per heavy atom. The Morgan fingerprint density at radius 3 is 2.73 bits per heavy atom. The summed E-state index contributed by atoms with van der Waals surface area (Å²) in [4.78, 5) is 20.9. The fraction of sp³-hybridized carbons (Fsp3) is 0.143. The molecule has 0 saturated carbocycles. The van der Waals surface area contributed by atoms with Gasteiger partial charge in [0.05, 0.1) is 15.6 Å². The molecule has 0 atom stereocenters. The normalized spacial score (nSPS) is 12.6. The second kappa shape index (κ2) is 10.6. The molecule has 33 heavy (non-hydrogen) atoms. The zero-order valence-electron chi connectivity index (χ0n) is 17.6. The summed E-state index contributed by atoms with van der Waals surface area (Å²) in [5, 5.41) is 4.28. The summed E-state index contributed by atoms with van der Waals surface area (Å²) in [6.45, 7) is 0. The van der Waals surface area contributed by atoms with E-state index in [2.05, 4.69) is 15.1 Å². The van der Waals surface area contributed by atoms with E-state index in [1.54, 1.807) is 42.7 Å². The van der Waals surface area contributed by atoms with E-state index in [4.69, 9.17) is 26.6 Å². The van der Waals surface area contributed by atoms with E-state index in [9.17, 15) is 13.2 Å². The van der Waals surface area contributed by atoms with Gasteiger partial charge in [-0.25, -0.2) is 18.2 Å². The highest BCUT2D eigenvalue weighted by molar-refractivity contribution is 7.98. The summed E-state index contributed by atoms with van der Waals surface area (Å²) < 4.78 is 34.0. The standard InChI is InChI=1S/C21H19ClN4O5S2/c1-32-12-30-21(27)16(23)11-18(24-17-9-4-3-8-15(17)22)19-25-20(31-26-19)13-6-5-7-14(10-13)33(2,28)29/h3-11H,12,23H2,1-2H3. The number of sulfone groups is 1. The topological polar surface area (TPSA) is 138 Å². The number of carbonyl (C=O) groups is 1. The van der Waals surface area contributed by atoms with Gasteiger partial charge in [0.15, 0.2) is 9.84 Å². The first kappa shape index (κ1) is 24.5. The molecule has 3 rings (SSSR count). The zero-order chi connectivity index (χ0) is 24.0. The van der Waals surface area contributed by atoms with Gasteiger partial charge in [-0.1, -0.05) is 35.0 Å². The molecule has 0 aliphatic carbocycles. The van der Waals surface area contributed by atoms with Crippen LogP contribution in [0.4, 0.5) is 5.69 Å². The number of nitrogens with two attached hydrogens (primary N) is 1. The van der Waals surface area contributed by atoms with Gasteiger partial charge in [-0.2, -0.15) is 4.98 Å². The number of halogens is 1. The van der Waals surface area contributed by atoms with E-state index in [1.807, 2.05) is 0 Å². The van der Waals surface area contributed by atoms with Crippen molar-refractivity contribution in [2.75, 3.05) is 18.5 Å². The first-order valence-electron chi connectivity index (χ1n) is 9.30. The first-order valence-corrected chi connectivity index (χ1v) is 13.0. The number of para-hydroxylation sites is 1. The molecule has 2 N–H and O–H groups in total. The third-order valence-corrected chi connectivity index (χ3v) is 5.88. The first-order chi connectivity index (χ1) is 15.7. The van der Waals surface area contributed by atoms with Crippen LogP contribution in [-0.4, -0.2) is 48.7 Å². The highest BCUT2D eigenvalue weighted by Crippen LogP contribution is 2.26. The quantitative estimate of drug-likeness (QED) is 0.210. The lowest BCUT2D eigenvalue weighted by Gasteiger charge is -2.04. The van der Waals surface area contributed by atoms with Crippen LogP contribution in [0.15, 0.2) is 74.7 Å². The number of hydrogen-bond donors (Lipinski definition) is 1. The van der Waals surface area contributed by atoms with E-state index >= 15 is 0 Å². The van der Waals surface area contributed by atoms with Gasteiger partial charge in [-0.05, 0) is 42.7 Å². The number of aliphatic imine (C=N–C) groups is 1. The molecular formula is C21H19ClN4O5S2. The van der Waals surface area contributed by atoms with Gasteiger partial charge in [0.1, 0.15) is 17.3 Å². The summed E-state index contributed by atoms with van der Waals surface area (Å²) in [5.41, 5.74) is 6.54. The molecule has 0 fully saturated rings. The molecule has 9 nitrogen and oxygen atoms in total. The number of nitrogens with zero attached hydrogens (tertiary/aromatic N) is 3. The van der Waals surface area contributed by atoms with Crippen LogP contribution in [0, 0.1) is 0 Å². The van der Waals surface area contributed by atoms with Crippen molar-refractivity contribution in [3.63, 3.8) is 0 Å². The molecule has 12 heteroatoms. The molecule has 0 radical (unpaired) electrons. The molecule has 0 aliphatic heterocycles. The fourth-order valence-corrected chi connectivity index (χ4v) is 3.60. The van der Waals surface area contributed by atoms with Crippen molar-refractivity contribution in [2.24, 2.45) is 10.7 Å². The van der Waals surface area contributed by atoms with Crippen molar-refractivity contribution in [1.82, 2.24) is 10.1 Å². The fourth-order valence-electron chi connectivity index (χ4n) is 2.53. The monoisotopic (exact) mass is 506 g/mol. The van der Waals surface area contributed by atoms with Gasteiger partial charge >= 0.3 is 5.97 Å². The van der Waals surface area contributed by atoms with Gasteiger partial charge in [0.2, 0.25) is 5.82 Å². The van der Waals surface area contributed by atoms with Crippen LogP contribution in [-0.2, 0) is 19.4 Å². The number of allylic oxidation sites excluding steroid dienone is 1. The number of benzene rings is 2. The third kappa shape index (κ3) is 6.44. The van der Waals surface area contributed by atoms with Crippen LogP contribution in [0.3, 0.4) is 0 Å². The Labute approximate surface area is 199 Å². The van der Waals surface area contributed by atoms with Gasteiger partial charge in [-0.3, -0.25) is 0 Å². The molecule has 2 aromatic carbocycles. The summed E-state index contributed by atoms with van der Waals surface area (Å²) in [6.07, 6.45) is 4.13. The van der Waals surface area contributed by atoms with Crippen LogP contribution < -0.4 is 5.73 Å². The highest BCUT2D eigenvalue weighted by atomic mass is 35.5. The smallest absolute Gasteiger partial charge is 0.355 e. The molecule has 1 aromatic heterocycles. The molecule has 0 saturated heterocycles. The molecule has 1 heterocycles. The van der Waals surface area contributed by atoms with Crippen molar-refractivity contribution >= 4 is 50.6 Å². The molecule has 3 aromatic rings. The number of hydrogen-bond acceptors (Lipinski definition) is 10. The maximum absolute atomic E-state index is 12.1. The lowest BCUT2D eigenvalue weighted by Crippen LogP contribution is -2.17. The van der Waals surface area contributed by atoms with E-state index in [-0.39, 0.29) is 34.0 Å². The predicted octanol–water partition coefficient (Wildman–Crippen LogP) is 3.62. The second-order valence-corrected chi connectivity index (χ2v) is 9.85. The van der Waals surface area contributed by atoms with Crippen molar-refractivity contribution in [3.8, 4) is 11.5 Å². The minimum absolute atomic E-state index is 0.00953. The lowest BCUT2D eigenvalue weighted by molar-refractivity contribution is -0.136. The Balaban J connectivity index is 2.05. The van der Waals surface area contributed by atoms with Gasteiger partial charge < -0.3 is 15.0 Å². The van der Waals surface area contributed by atoms with Crippen molar-refractivity contribution in [1.29, 1.82) is 0 Å². The average molecular weight is 507 g/mol. The Hall–Kier alpha value is -3.15. The Kier molecular flexibility index (Phi) is 7.90. The van der Waals surface area contributed by atoms with Crippen molar-refractivity contribution in [3.05, 3.63) is 71.2 Å². The predicted molar refractivity (Wildman–Crippen MR) is 127 cm³/mol. The molecule has 0 unspecified atom stereocenters. The maximum Gasteiger partial charge on any atom is 0.355 e. The molecule has 0 spiro atoms. The molecule has 172 valence electrons. The average Bonchev–Trinajstić information content (AvgIpc) is 3.28. The van der Waals surface area contributed by atoms with Crippen LogP contribution in [0.2, 0.25) is 5.02 Å². The van der Waals surface area contributed by atoms with Crippen LogP contribution in [0.25, 0.3) is 11.5 Å².